The van der Waals surface area contributed by atoms with Gasteiger partial charge in [-0.2, -0.15) is 0 Å². The van der Waals surface area contributed by atoms with Gasteiger partial charge in [-0.05, 0) is 18.2 Å². The average molecular weight is 418 g/mol. The van der Waals surface area contributed by atoms with Gasteiger partial charge >= 0.3 is 0 Å². The normalized spacial score (nSPS) is 11.6. The molecule has 10 heteroatoms. The van der Waals surface area contributed by atoms with E-state index in [0.29, 0.717) is 38.3 Å². The third kappa shape index (κ3) is 2.88. The smallest absolute Gasteiger partial charge is 0.267 e. The minimum Gasteiger partial charge on any atom is -0.494 e. The molecule has 0 atom stereocenters. The van der Waals surface area contributed by atoms with E-state index in [4.69, 9.17) is 11.6 Å². The lowest BCUT2D eigenvalue weighted by Gasteiger charge is -2.12. The van der Waals surface area contributed by atoms with Crippen molar-refractivity contribution < 1.29 is 5.11 Å². The lowest BCUT2D eigenvalue weighted by molar-refractivity contribution is 0.435. The molecule has 5 rings (SSSR count). The fourth-order valence-corrected chi connectivity index (χ4v) is 3.29. The number of aliphatic imine (C=N–C) groups is 1. The SMILES string of the molecule is O=c1c2ccccc2c(C=Nc2ncnc3nc[nH]c23)c(O)n1-c1ccc(Cl)cn1. The van der Waals surface area contributed by atoms with Gasteiger partial charge in [-0.25, -0.2) is 29.5 Å². The van der Waals surface area contributed by atoms with E-state index in [1.807, 2.05) is 0 Å². The van der Waals surface area contributed by atoms with Crippen LogP contribution in [-0.4, -0.2) is 40.8 Å². The molecule has 1 aromatic carbocycles. The fraction of sp³-hybridized carbons (Fsp3) is 0. The zero-order valence-corrected chi connectivity index (χ0v) is 15.9. The van der Waals surface area contributed by atoms with Gasteiger partial charge in [-0.3, -0.25) is 4.79 Å². The molecule has 0 fully saturated rings. The van der Waals surface area contributed by atoms with Crippen molar-refractivity contribution in [1.29, 1.82) is 0 Å². The van der Waals surface area contributed by atoms with Gasteiger partial charge in [-0.1, -0.05) is 29.8 Å². The monoisotopic (exact) mass is 417 g/mol. The van der Waals surface area contributed by atoms with Gasteiger partial charge in [0.1, 0.15) is 17.7 Å². The molecule has 4 aromatic heterocycles. The van der Waals surface area contributed by atoms with E-state index in [9.17, 15) is 9.90 Å². The Balaban J connectivity index is 1.76. The first-order valence-corrected chi connectivity index (χ1v) is 9.18. The summed E-state index contributed by atoms with van der Waals surface area (Å²) in [6.07, 6.45) is 5.71. The quantitative estimate of drug-likeness (QED) is 0.435. The molecule has 0 spiro atoms. The van der Waals surface area contributed by atoms with Crippen LogP contribution in [0.5, 0.6) is 5.88 Å². The van der Waals surface area contributed by atoms with Crippen LogP contribution in [0.15, 0.2) is 65.0 Å². The first-order chi connectivity index (χ1) is 14.6. The molecular formula is C20H12ClN7O2. The summed E-state index contributed by atoms with van der Waals surface area (Å²) in [5.41, 5.74) is 0.966. The van der Waals surface area contributed by atoms with Gasteiger partial charge in [0, 0.05) is 23.2 Å². The summed E-state index contributed by atoms with van der Waals surface area (Å²) in [5, 5.41) is 12.4. The van der Waals surface area contributed by atoms with Gasteiger partial charge in [0.05, 0.1) is 16.9 Å². The minimum atomic E-state index is -0.409. The molecule has 0 aliphatic carbocycles. The first kappa shape index (κ1) is 18.0. The Morgan fingerprint density at radius 2 is 1.90 bits per heavy atom. The molecule has 0 unspecified atom stereocenters. The number of aromatic nitrogens is 6. The van der Waals surface area contributed by atoms with Crippen molar-refractivity contribution in [2.24, 2.45) is 4.99 Å². The molecule has 5 aromatic rings. The second-order valence-corrected chi connectivity index (χ2v) is 6.75. The molecule has 0 saturated carbocycles. The zero-order valence-electron chi connectivity index (χ0n) is 15.2. The van der Waals surface area contributed by atoms with E-state index in [0.717, 1.165) is 4.57 Å². The maximum Gasteiger partial charge on any atom is 0.267 e. The summed E-state index contributed by atoms with van der Waals surface area (Å²) in [7, 11) is 0. The topological polar surface area (TPSA) is 122 Å². The van der Waals surface area contributed by atoms with Crippen LogP contribution in [0.1, 0.15) is 5.56 Å². The van der Waals surface area contributed by atoms with Crippen LogP contribution in [0.2, 0.25) is 5.02 Å². The van der Waals surface area contributed by atoms with E-state index in [1.165, 1.54) is 25.1 Å². The molecule has 9 nitrogen and oxygen atoms in total. The van der Waals surface area contributed by atoms with Crippen molar-refractivity contribution in [1.82, 2.24) is 29.5 Å². The van der Waals surface area contributed by atoms with Crippen LogP contribution in [0.3, 0.4) is 0 Å². The molecule has 0 bridgehead atoms. The molecule has 0 radical (unpaired) electrons. The van der Waals surface area contributed by atoms with Gasteiger partial charge in [0.25, 0.3) is 5.56 Å². The number of benzene rings is 1. The van der Waals surface area contributed by atoms with Crippen molar-refractivity contribution in [3.8, 4) is 11.7 Å². The molecule has 30 heavy (non-hydrogen) atoms. The third-order valence-electron chi connectivity index (χ3n) is 4.56. The number of aromatic amines is 1. The first-order valence-electron chi connectivity index (χ1n) is 8.80. The van der Waals surface area contributed by atoms with E-state index < -0.39 is 5.56 Å². The highest BCUT2D eigenvalue weighted by Crippen LogP contribution is 2.27. The molecule has 0 amide bonds. The number of fused-ring (bicyclic) bond motifs is 2. The van der Waals surface area contributed by atoms with Crippen molar-refractivity contribution in [2.45, 2.75) is 0 Å². The van der Waals surface area contributed by atoms with E-state index in [1.54, 1.807) is 36.4 Å². The minimum absolute atomic E-state index is 0.236. The second-order valence-electron chi connectivity index (χ2n) is 6.31. The summed E-state index contributed by atoms with van der Waals surface area (Å²) in [6.45, 7) is 0. The number of halogens is 1. The standard InChI is InChI=1S/C20H12ClN7O2/c21-11-5-6-15(22-7-11)28-19(29)13-4-2-1-3-12(13)14(20(28)30)8-23-17-16-18(25-9-24-16)27-10-26-17/h1-10,30H,(H,24,25,26,27). The molecular weight excluding hydrogens is 406 g/mol. The van der Waals surface area contributed by atoms with Crippen molar-refractivity contribution in [2.75, 3.05) is 0 Å². The van der Waals surface area contributed by atoms with Crippen LogP contribution in [-0.2, 0) is 0 Å². The maximum atomic E-state index is 13.1. The van der Waals surface area contributed by atoms with Crippen molar-refractivity contribution in [3.05, 3.63) is 76.2 Å². The molecule has 146 valence electrons. The van der Waals surface area contributed by atoms with E-state index in [2.05, 4.69) is 29.9 Å². The molecule has 0 saturated heterocycles. The fourth-order valence-electron chi connectivity index (χ4n) is 3.18. The molecule has 0 aliphatic heterocycles. The van der Waals surface area contributed by atoms with Crippen molar-refractivity contribution >= 4 is 45.6 Å². The predicted molar refractivity (Wildman–Crippen MR) is 113 cm³/mol. The van der Waals surface area contributed by atoms with Crippen LogP contribution < -0.4 is 5.56 Å². The molecule has 0 aliphatic rings. The Morgan fingerprint density at radius 3 is 2.70 bits per heavy atom. The highest BCUT2D eigenvalue weighted by Gasteiger charge is 2.17. The van der Waals surface area contributed by atoms with Crippen LogP contribution in [0, 0.1) is 0 Å². The van der Waals surface area contributed by atoms with E-state index in [-0.39, 0.29) is 11.7 Å². The number of nitrogens with zero attached hydrogens (tertiary/aromatic N) is 6. The number of pyridine rings is 2. The van der Waals surface area contributed by atoms with Crippen molar-refractivity contribution in [3.63, 3.8) is 0 Å². The van der Waals surface area contributed by atoms with Crippen LogP contribution in [0.25, 0.3) is 27.8 Å². The van der Waals surface area contributed by atoms with Gasteiger partial charge in [-0.15, -0.1) is 0 Å². The Kier molecular flexibility index (Phi) is 4.22. The van der Waals surface area contributed by atoms with Crippen LogP contribution in [0.4, 0.5) is 5.82 Å². The average Bonchev–Trinajstić information content (AvgIpc) is 3.25. The largest absolute Gasteiger partial charge is 0.494 e. The Morgan fingerprint density at radius 1 is 1.07 bits per heavy atom. The van der Waals surface area contributed by atoms with Gasteiger partial charge in [0.2, 0.25) is 5.88 Å². The summed E-state index contributed by atoms with van der Waals surface area (Å²) in [5.74, 6) is 0.288. The number of aromatic hydroxyl groups is 1. The zero-order chi connectivity index (χ0) is 20.7. The van der Waals surface area contributed by atoms with Gasteiger partial charge in [0.15, 0.2) is 11.5 Å². The number of rotatable bonds is 3. The number of imidazole rings is 1. The van der Waals surface area contributed by atoms with E-state index >= 15 is 0 Å². The number of H-pyrrole nitrogens is 1. The summed E-state index contributed by atoms with van der Waals surface area (Å²) in [6, 6.07) is 10.1. The summed E-state index contributed by atoms with van der Waals surface area (Å²) in [4.78, 5) is 36.8. The number of hydrogen-bond acceptors (Lipinski definition) is 7. The number of hydrogen-bond donors (Lipinski definition) is 2. The maximum absolute atomic E-state index is 13.1. The predicted octanol–water partition coefficient (Wildman–Crippen LogP) is 3.16. The Labute approximate surface area is 173 Å². The number of nitrogens with one attached hydrogen (secondary N) is 1. The molecule has 4 heterocycles. The lowest BCUT2D eigenvalue weighted by Crippen LogP contribution is -2.21. The third-order valence-corrected chi connectivity index (χ3v) is 4.79. The molecule has 2 N–H and O–H groups in total. The Bertz CT molecular complexity index is 1490. The highest BCUT2D eigenvalue weighted by atomic mass is 35.5. The summed E-state index contributed by atoms with van der Waals surface area (Å²) < 4.78 is 1.12. The van der Waals surface area contributed by atoms with Gasteiger partial charge < -0.3 is 10.1 Å². The lowest BCUT2D eigenvalue weighted by atomic mass is 10.1. The highest BCUT2D eigenvalue weighted by molar-refractivity contribution is 6.30. The summed E-state index contributed by atoms with van der Waals surface area (Å²) >= 11 is 5.91. The van der Waals surface area contributed by atoms with Crippen LogP contribution >= 0.6 is 11.6 Å². The second kappa shape index (κ2) is 7.05. The Hall–Kier alpha value is -4.11.